The first-order valence-corrected chi connectivity index (χ1v) is 9.46. The van der Waals surface area contributed by atoms with Gasteiger partial charge in [-0.25, -0.2) is 0 Å². The van der Waals surface area contributed by atoms with Gasteiger partial charge in [-0.2, -0.15) is 0 Å². The van der Waals surface area contributed by atoms with Gasteiger partial charge in [-0.1, -0.05) is 12.1 Å². The minimum absolute atomic E-state index is 0.366. The van der Waals surface area contributed by atoms with Crippen molar-refractivity contribution in [1.82, 2.24) is 5.32 Å². The highest BCUT2D eigenvalue weighted by molar-refractivity contribution is 7.09. The molecule has 1 aliphatic rings. The molecule has 1 aromatic carbocycles. The smallest absolute Gasteiger partial charge is 0.161 e. The van der Waals surface area contributed by atoms with Crippen LogP contribution in [0.2, 0.25) is 0 Å². The van der Waals surface area contributed by atoms with Crippen molar-refractivity contribution in [3.63, 3.8) is 0 Å². The van der Waals surface area contributed by atoms with Crippen molar-refractivity contribution in [2.75, 3.05) is 19.8 Å². The van der Waals surface area contributed by atoms with Gasteiger partial charge in [-0.15, -0.1) is 11.3 Å². The molecule has 0 amide bonds. The number of hydrogen-bond acceptors (Lipinski definition) is 5. The molecule has 0 saturated carbocycles. The van der Waals surface area contributed by atoms with Crippen LogP contribution in [-0.4, -0.2) is 25.9 Å². The van der Waals surface area contributed by atoms with E-state index in [0.717, 1.165) is 37.6 Å². The normalized spacial score (nSPS) is 17.1. The summed E-state index contributed by atoms with van der Waals surface area (Å²) in [7, 11) is 0. The standard InChI is InChI=1S/C19H25NO3S/c1-2-21-19-11-15(12-20-13-16-5-3-9-22-16)7-8-18(19)23-14-17-6-4-10-24-17/h4,6-8,10-11,16,20H,2-3,5,9,12-14H2,1H3/t16-/m0/s1. The molecule has 3 rings (SSSR count). The molecule has 2 heterocycles. The number of ether oxygens (including phenoxy) is 3. The Bertz CT molecular complexity index is 609. The fourth-order valence-electron chi connectivity index (χ4n) is 2.78. The second kappa shape index (κ2) is 9.06. The molecule has 1 saturated heterocycles. The molecule has 5 heteroatoms. The Labute approximate surface area is 147 Å². The monoisotopic (exact) mass is 347 g/mol. The van der Waals surface area contributed by atoms with E-state index in [-0.39, 0.29) is 0 Å². The minimum atomic E-state index is 0.366. The topological polar surface area (TPSA) is 39.7 Å². The van der Waals surface area contributed by atoms with Gasteiger partial charge in [0, 0.05) is 24.6 Å². The lowest BCUT2D eigenvalue weighted by Gasteiger charge is -2.14. The molecule has 2 aromatic rings. The fourth-order valence-corrected chi connectivity index (χ4v) is 3.39. The Kier molecular flexibility index (Phi) is 6.52. The average molecular weight is 347 g/mol. The molecule has 24 heavy (non-hydrogen) atoms. The van der Waals surface area contributed by atoms with Gasteiger partial charge in [0.25, 0.3) is 0 Å². The van der Waals surface area contributed by atoms with Crippen LogP contribution in [0.25, 0.3) is 0 Å². The Hall–Kier alpha value is -1.56. The lowest BCUT2D eigenvalue weighted by molar-refractivity contribution is 0.110. The van der Waals surface area contributed by atoms with Crippen molar-refractivity contribution >= 4 is 11.3 Å². The van der Waals surface area contributed by atoms with Gasteiger partial charge in [0.1, 0.15) is 6.61 Å². The first kappa shape index (κ1) is 17.3. The second-order valence-corrected chi connectivity index (χ2v) is 6.88. The van der Waals surface area contributed by atoms with Gasteiger partial charge in [-0.3, -0.25) is 0 Å². The van der Waals surface area contributed by atoms with Crippen LogP contribution in [0.15, 0.2) is 35.7 Å². The van der Waals surface area contributed by atoms with E-state index in [9.17, 15) is 0 Å². The summed E-state index contributed by atoms with van der Waals surface area (Å²) in [5, 5.41) is 5.53. The van der Waals surface area contributed by atoms with E-state index in [0.29, 0.717) is 19.3 Å². The van der Waals surface area contributed by atoms with Crippen LogP contribution in [0.5, 0.6) is 11.5 Å². The zero-order valence-electron chi connectivity index (χ0n) is 14.1. The summed E-state index contributed by atoms with van der Waals surface area (Å²) in [6.45, 7) is 5.81. The van der Waals surface area contributed by atoms with E-state index >= 15 is 0 Å². The maximum absolute atomic E-state index is 5.92. The number of hydrogen-bond donors (Lipinski definition) is 1. The second-order valence-electron chi connectivity index (χ2n) is 5.85. The Morgan fingerprint density at radius 2 is 2.21 bits per heavy atom. The average Bonchev–Trinajstić information content (AvgIpc) is 3.28. The van der Waals surface area contributed by atoms with Crippen LogP contribution in [0.4, 0.5) is 0 Å². The van der Waals surface area contributed by atoms with Crippen molar-refractivity contribution in [2.24, 2.45) is 0 Å². The molecular formula is C19H25NO3S. The van der Waals surface area contributed by atoms with Crippen molar-refractivity contribution < 1.29 is 14.2 Å². The van der Waals surface area contributed by atoms with E-state index in [2.05, 4.69) is 28.9 Å². The first-order chi connectivity index (χ1) is 11.8. The van der Waals surface area contributed by atoms with Gasteiger partial charge in [-0.05, 0) is 48.9 Å². The maximum atomic E-state index is 5.92. The predicted molar refractivity (Wildman–Crippen MR) is 96.9 cm³/mol. The third-order valence-electron chi connectivity index (χ3n) is 3.98. The lowest BCUT2D eigenvalue weighted by Crippen LogP contribution is -2.25. The summed E-state index contributed by atoms with van der Waals surface area (Å²) in [5.41, 5.74) is 1.19. The summed E-state index contributed by atoms with van der Waals surface area (Å²) in [6, 6.07) is 10.3. The zero-order valence-corrected chi connectivity index (χ0v) is 14.9. The summed E-state index contributed by atoms with van der Waals surface area (Å²) >= 11 is 1.70. The fraction of sp³-hybridized carbons (Fsp3) is 0.474. The predicted octanol–water partition coefficient (Wildman–Crippen LogP) is 3.99. The quantitative estimate of drug-likeness (QED) is 0.744. The Morgan fingerprint density at radius 1 is 1.25 bits per heavy atom. The molecule has 0 aliphatic carbocycles. The first-order valence-electron chi connectivity index (χ1n) is 8.58. The van der Waals surface area contributed by atoms with Crippen LogP contribution in [0.1, 0.15) is 30.2 Å². The molecule has 0 radical (unpaired) electrons. The summed E-state index contributed by atoms with van der Waals surface area (Å²) < 4.78 is 17.3. The van der Waals surface area contributed by atoms with Gasteiger partial charge >= 0.3 is 0 Å². The zero-order chi connectivity index (χ0) is 16.6. The molecular weight excluding hydrogens is 322 g/mol. The number of nitrogens with one attached hydrogen (secondary N) is 1. The molecule has 1 aromatic heterocycles. The van der Waals surface area contributed by atoms with Crippen molar-refractivity contribution in [2.45, 2.75) is 39.0 Å². The molecule has 4 nitrogen and oxygen atoms in total. The largest absolute Gasteiger partial charge is 0.490 e. The summed E-state index contributed by atoms with van der Waals surface area (Å²) in [4.78, 5) is 1.21. The molecule has 1 fully saturated rings. The van der Waals surface area contributed by atoms with E-state index in [1.807, 2.05) is 19.1 Å². The van der Waals surface area contributed by atoms with Crippen LogP contribution < -0.4 is 14.8 Å². The highest BCUT2D eigenvalue weighted by Gasteiger charge is 2.14. The molecule has 0 unspecified atom stereocenters. The number of benzene rings is 1. The molecule has 1 atom stereocenters. The molecule has 1 aliphatic heterocycles. The van der Waals surface area contributed by atoms with Crippen LogP contribution in [0, 0.1) is 0 Å². The number of rotatable bonds is 9. The van der Waals surface area contributed by atoms with Gasteiger partial charge in [0.05, 0.1) is 12.7 Å². The lowest BCUT2D eigenvalue weighted by atomic mass is 10.2. The number of thiophene rings is 1. The summed E-state index contributed by atoms with van der Waals surface area (Å²) in [5.74, 6) is 1.61. The highest BCUT2D eigenvalue weighted by Crippen LogP contribution is 2.29. The van der Waals surface area contributed by atoms with Gasteiger partial charge in [0.2, 0.25) is 0 Å². The van der Waals surface area contributed by atoms with Crippen molar-refractivity contribution in [1.29, 1.82) is 0 Å². The van der Waals surface area contributed by atoms with Crippen LogP contribution >= 0.6 is 11.3 Å². The summed E-state index contributed by atoms with van der Waals surface area (Å²) in [6.07, 6.45) is 2.70. The van der Waals surface area contributed by atoms with E-state index in [1.54, 1.807) is 11.3 Å². The van der Waals surface area contributed by atoms with Gasteiger partial charge < -0.3 is 19.5 Å². The highest BCUT2D eigenvalue weighted by atomic mass is 32.1. The molecule has 1 N–H and O–H groups in total. The third kappa shape index (κ3) is 4.97. The van der Waals surface area contributed by atoms with Crippen molar-refractivity contribution in [3.05, 3.63) is 46.2 Å². The Morgan fingerprint density at radius 3 is 2.96 bits per heavy atom. The van der Waals surface area contributed by atoms with E-state index in [4.69, 9.17) is 14.2 Å². The van der Waals surface area contributed by atoms with Crippen LogP contribution in [0.3, 0.4) is 0 Å². The van der Waals surface area contributed by atoms with Crippen molar-refractivity contribution in [3.8, 4) is 11.5 Å². The third-order valence-corrected chi connectivity index (χ3v) is 4.83. The minimum Gasteiger partial charge on any atom is -0.490 e. The molecule has 0 bridgehead atoms. The molecule has 0 spiro atoms. The maximum Gasteiger partial charge on any atom is 0.161 e. The van der Waals surface area contributed by atoms with Crippen LogP contribution in [-0.2, 0) is 17.9 Å². The SMILES string of the molecule is CCOc1cc(CNC[C@@H]2CCCO2)ccc1OCc1cccs1. The van der Waals surface area contributed by atoms with E-state index < -0.39 is 0 Å². The Balaban J connectivity index is 1.56. The van der Waals surface area contributed by atoms with E-state index in [1.165, 1.54) is 16.9 Å². The van der Waals surface area contributed by atoms with Gasteiger partial charge in [0.15, 0.2) is 11.5 Å². The molecule has 130 valence electrons.